The molecule has 0 unspecified atom stereocenters. The number of imide groups is 1. The second kappa shape index (κ2) is 5.88. The second-order valence-electron chi connectivity index (χ2n) is 6.46. The van der Waals surface area contributed by atoms with Crippen LogP contribution in [0.15, 0.2) is 29.4 Å². The number of carbonyl (C=O) groups excluding carboxylic acids is 2. The molecule has 0 aromatic heterocycles. The molecule has 1 saturated heterocycles. The van der Waals surface area contributed by atoms with E-state index in [1.165, 1.54) is 20.4 Å². The monoisotopic (exact) mass is 360 g/mol. The molecule has 0 N–H and O–H groups in total. The van der Waals surface area contributed by atoms with Crippen LogP contribution < -0.4 is 9.47 Å². The molecule has 7 heteroatoms. The zero-order chi connectivity index (χ0) is 17.7. The van der Waals surface area contributed by atoms with Crippen molar-refractivity contribution in [2.75, 3.05) is 14.2 Å². The van der Waals surface area contributed by atoms with Gasteiger partial charge in [-0.15, -0.1) is 0 Å². The number of halogens is 1. The molecule has 4 rings (SSSR count). The number of hydrogen-bond acceptors (Lipinski definition) is 5. The van der Waals surface area contributed by atoms with Crippen molar-refractivity contribution >= 4 is 29.6 Å². The number of rotatable bonds is 4. The van der Waals surface area contributed by atoms with Gasteiger partial charge in [-0.1, -0.05) is 23.8 Å². The summed E-state index contributed by atoms with van der Waals surface area (Å²) in [7, 11) is 3.02. The topological polar surface area (TPSA) is 68.2 Å². The minimum absolute atomic E-state index is 0.164. The number of allylic oxidation sites excluding steroid dienone is 2. The maximum Gasteiger partial charge on any atom is 0.254 e. The van der Waals surface area contributed by atoms with Crippen molar-refractivity contribution in [3.8, 4) is 11.5 Å². The van der Waals surface area contributed by atoms with Gasteiger partial charge in [0.05, 0.1) is 37.3 Å². The fourth-order valence-electron chi connectivity index (χ4n) is 4.10. The Labute approximate surface area is 150 Å². The first-order valence-electron chi connectivity index (χ1n) is 8.06. The van der Waals surface area contributed by atoms with Crippen molar-refractivity contribution in [1.82, 2.24) is 5.01 Å². The average Bonchev–Trinajstić information content (AvgIpc) is 3.28. The van der Waals surface area contributed by atoms with Gasteiger partial charge in [0.2, 0.25) is 0 Å². The van der Waals surface area contributed by atoms with Gasteiger partial charge in [0.25, 0.3) is 11.8 Å². The van der Waals surface area contributed by atoms with Gasteiger partial charge in [0, 0.05) is 11.6 Å². The molecule has 2 bridgehead atoms. The normalized spacial score (nSPS) is 29.8. The van der Waals surface area contributed by atoms with Gasteiger partial charge in [-0.25, -0.2) is 0 Å². The Morgan fingerprint density at radius 2 is 1.68 bits per heavy atom. The number of hydrogen-bond donors (Lipinski definition) is 0. The van der Waals surface area contributed by atoms with E-state index < -0.39 is 0 Å². The molecular formula is C18H17ClN2O4. The molecule has 1 saturated carbocycles. The molecule has 1 aliphatic heterocycles. The maximum atomic E-state index is 12.6. The van der Waals surface area contributed by atoms with E-state index in [0.717, 1.165) is 11.4 Å². The Balaban J connectivity index is 1.62. The van der Waals surface area contributed by atoms with Gasteiger partial charge in [-0.05, 0) is 24.3 Å². The molecule has 1 aromatic carbocycles. The highest BCUT2D eigenvalue weighted by Gasteiger charge is 2.59. The quantitative estimate of drug-likeness (QED) is 0.470. The molecule has 3 aliphatic rings. The number of hydrazone groups is 1. The van der Waals surface area contributed by atoms with E-state index in [2.05, 4.69) is 17.3 Å². The molecule has 1 heterocycles. The maximum absolute atomic E-state index is 12.6. The Kier molecular flexibility index (Phi) is 3.80. The molecule has 0 radical (unpaired) electrons. The summed E-state index contributed by atoms with van der Waals surface area (Å²) in [4.78, 5) is 25.2. The molecule has 2 aliphatic carbocycles. The molecule has 2 fully saturated rings. The van der Waals surface area contributed by atoms with E-state index in [0.29, 0.717) is 22.1 Å². The molecule has 0 spiro atoms. The smallest absolute Gasteiger partial charge is 0.254 e. The number of carbonyl (C=O) groups is 2. The van der Waals surface area contributed by atoms with Crippen molar-refractivity contribution in [1.29, 1.82) is 0 Å². The molecular weight excluding hydrogens is 344 g/mol. The highest BCUT2D eigenvalue weighted by molar-refractivity contribution is 6.32. The lowest BCUT2D eigenvalue weighted by Gasteiger charge is -2.13. The standard InChI is InChI=1S/C18H17ClN2O4/c1-24-13-7-14(25-2)12(19)6-11(13)8-20-21-17(22)15-9-3-4-10(5-9)16(15)18(21)23/h3-4,6-10,15-16H,5H2,1-2H3/b20-8-/t9-,10-,15-,16+/m0/s1. The van der Waals surface area contributed by atoms with E-state index in [4.69, 9.17) is 21.1 Å². The van der Waals surface area contributed by atoms with Crippen LogP contribution in [0.5, 0.6) is 11.5 Å². The van der Waals surface area contributed by atoms with Crippen LogP contribution in [-0.4, -0.2) is 37.3 Å². The summed E-state index contributed by atoms with van der Waals surface area (Å²) in [5.74, 6) is 0.325. The highest BCUT2D eigenvalue weighted by Crippen LogP contribution is 2.52. The van der Waals surface area contributed by atoms with Crippen LogP contribution in [0.25, 0.3) is 0 Å². The number of nitrogens with zero attached hydrogens (tertiary/aromatic N) is 2. The van der Waals surface area contributed by atoms with Crippen LogP contribution in [0.4, 0.5) is 0 Å². The summed E-state index contributed by atoms with van der Waals surface area (Å²) < 4.78 is 10.5. The Hall–Kier alpha value is -2.34. The van der Waals surface area contributed by atoms with Crippen molar-refractivity contribution in [3.63, 3.8) is 0 Å². The predicted molar refractivity (Wildman–Crippen MR) is 91.7 cm³/mol. The fraction of sp³-hybridized carbons (Fsp3) is 0.389. The first-order valence-corrected chi connectivity index (χ1v) is 8.44. The number of benzene rings is 1. The van der Waals surface area contributed by atoms with Gasteiger partial charge < -0.3 is 9.47 Å². The van der Waals surface area contributed by atoms with Crippen LogP contribution in [-0.2, 0) is 9.59 Å². The third-order valence-corrected chi connectivity index (χ3v) is 5.56. The SMILES string of the molecule is COc1cc(OC)c(/C=N\N2C(=O)[C@@H]3[C@H](C2=O)[C@H]2C=C[C@H]3C2)cc1Cl. The predicted octanol–water partition coefficient (Wildman–Crippen LogP) is 2.50. The van der Waals surface area contributed by atoms with Crippen LogP contribution in [0, 0.1) is 23.7 Å². The lowest BCUT2D eigenvalue weighted by molar-refractivity contribution is -0.140. The number of fused-ring (bicyclic) bond motifs is 5. The van der Waals surface area contributed by atoms with Crippen molar-refractivity contribution in [2.45, 2.75) is 6.42 Å². The minimum atomic E-state index is -0.263. The van der Waals surface area contributed by atoms with E-state index in [1.54, 1.807) is 12.1 Å². The van der Waals surface area contributed by atoms with Crippen molar-refractivity contribution in [2.24, 2.45) is 28.8 Å². The minimum Gasteiger partial charge on any atom is -0.496 e. The van der Waals surface area contributed by atoms with E-state index >= 15 is 0 Å². The van der Waals surface area contributed by atoms with E-state index in [9.17, 15) is 9.59 Å². The molecule has 130 valence electrons. The average molecular weight is 361 g/mol. The Morgan fingerprint density at radius 1 is 1.08 bits per heavy atom. The second-order valence-corrected chi connectivity index (χ2v) is 6.87. The van der Waals surface area contributed by atoms with Crippen molar-refractivity contribution < 1.29 is 19.1 Å². The molecule has 1 aromatic rings. The lowest BCUT2D eigenvalue weighted by Crippen LogP contribution is -2.28. The summed E-state index contributed by atoms with van der Waals surface area (Å²) in [5, 5.41) is 5.53. The Morgan fingerprint density at radius 3 is 2.24 bits per heavy atom. The van der Waals surface area contributed by atoms with Gasteiger partial charge in [0.15, 0.2) is 0 Å². The van der Waals surface area contributed by atoms with E-state index in [-0.39, 0.29) is 35.5 Å². The zero-order valence-electron chi connectivity index (χ0n) is 13.8. The number of amides is 2. The molecule has 4 atom stereocenters. The highest BCUT2D eigenvalue weighted by atomic mass is 35.5. The third kappa shape index (κ3) is 2.35. The summed E-state index contributed by atoms with van der Waals surface area (Å²) in [6.07, 6.45) is 6.43. The van der Waals surface area contributed by atoms with Crippen LogP contribution in [0.3, 0.4) is 0 Å². The van der Waals surface area contributed by atoms with Gasteiger partial charge >= 0.3 is 0 Å². The number of methoxy groups -OCH3 is 2. The van der Waals surface area contributed by atoms with Gasteiger partial charge in [-0.3, -0.25) is 9.59 Å². The van der Waals surface area contributed by atoms with Crippen LogP contribution in [0.2, 0.25) is 5.02 Å². The van der Waals surface area contributed by atoms with Crippen LogP contribution >= 0.6 is 11.6 Å². The molecule has 25 heavy (non-hydrogen) atoms. The summed E-state index contributed by atoms with van der Waals surface area (Å²) in [5.41, 5.74) is 0.562. The zero-order valence-corrected chi connectivity index (χ0v) is 14.6. The molecule has 2 amide bonds. The lowest BCUT2D eigenvalue weighted by atomic mass is 9.85. The first kappa shape index (κ1) is 16.1. The summed E-state index contributed by atoms with van der Waals surface area (Å²) in [6, 6.07) is 3.26. The Bertz CT molecular complexity index is 790. The van der Waals surface area contributed by atoms with Gasteiger partial charge in [-0.2, -0.15) is 10.1 Å². The third-order valence-electron chi connectivity index (χ3n) is 5.26. The van der Waals surface area contributed by atoms with Crippen LogP contribution in [0.1, 0.15) is 12.0 Å². The first-order chi connectivity index (χ1) is 12.0. The largest absolute Gasteiger partial charge is 0.496 e. The fourth-order valence-corrected chi connectivity index (χ4v) is 4.35. The molecule has 6 nitrogen and oxygen atoms in total. The van der Waals surface area contributed by atoms with E-state index in [1.807, 2.05) is 0 Å². The van der Waals surface area contributed by atoms with Gasteiger partial charge in [0.1, 0.15) is 11.5 Å². The number of ether oxygens (including phenoxy) is 2. The van der Waals surface area contributed by atoms with Crippen molar-refractivity contribution in [3.05, 3.63) is 34.9 Å². The summed E-state index contributed by atoms with van der Waals surface area (Å²) in [6.45, 7) is 0. The summed E-state index contributed by atoms with van der Waals surface area (Å²) >= 11 is 6.14.